The van der Waals surface area contributed by atoms with Crippen LogP contribution >= 0.6 is 11.8 Å². The van der Waals surface area contributed by atoms with Crippen molar-refractivity contribution in [2.75, 3.05) is 11.9 Å². The summed E-state index contributed by atoms with van der Waals surface area (Å²) in [6.07, 6.45) is -4.44. The van der Waals surface area contributed by atoms with Gasteiger partial charge in [0.25, 0.3) is 0 Å². The van der Waals surface area contributed by atoms with E-state index in [1.54, 1.807) is 6.92 Å². The van der Waals surface area contributed by atoms with Crippen molar-refractivity contribution in [3.05, 3.63) is 47.8 Å². The summed E-state index contributed by atoms with van der Waals surface area (Å²) in [6, 6.07) is 7.44. The molecule has 2 nitrogen and oxygen atoms in total. The molecule has 0 radical (unpaired) electrons. The molecular weight excluding hydrogens is 304 g/mol. The maximum atomic E-state index is 12.9. The Labute approximate surface area is 123 Å². The molecule has 0 saturated heterocycles. The summed E-state index contributed by atoms with van der Waals surface area (Å²) < 4.78 is 51.4. The molecule has 0 aliphatic carbocycles. The molecule has 0 spiro atoms. The number of aromatic nitrogens is 1. The summed E-state index contributed by atoms with van der Waals surface area (Å²) in [7, 11) is 0. The number of benzene rings is 1. The highest BCUT2D eigenvalue weighted by atomic mass is 32.2. The van der Waals surface area contributed by atoms with Gasteiger partial charge in [-0.15, -0.1) is 0 Å². The number of nitrogens with zero attached hydrogens (tertiary/aromatic N) is 1. The van der Waals surface area contributed by atoms with Crippen LogP contribution in [0.4, 0.5) is 23.4 Å². The minimum absolute atomic E-state index is 0.164. The Kier molecular flexibility index (Phi) is 4.72. The fourth-order valence-corrected chi connectivity index (χ4v) is 2.46. The Morgan fingerprint density at radius 3 is 2.38 bits per heavy atom. The van der Waals surface area contributed by atoms with Gasteiger partial charge in [0.2, 0.25) is 0 Å². The molecule has 2 rings (SSSR count). The van der Waals surface area contributed by atoms with Gasteiger partial charge in [-0.2, -0.15) is 13.2 Å². The van der Waals surface area contributed by atoms with E-state index in [-0.39, 0.29) is 10.8 Å². The van der Waals surface area contributed by atoms with Gasteiger partial charge < -0.3 is 5.32 Å². The predicted octanol–water partition coefficient (Wildman–Crippen LogP) is 4.82. The van der Waals surface area contributed by atoms with Crippen molar-refractivity contribution in [2.45, 2.75) is 23.0 Å². The normalized spacial score (nSPS) is 11.5. The third-order valence-corrected chi connectivity index (χ3v) is 3.45. The zero-order chi connectivity index (χ0) is 15.5. The molecule has 1 aromatic carbocycles. The first-order valence-corrected chi connectivity index (χ1v) is 6.96. The Bertz CT molecular complexity index is 611. The first-order chi connectivity index (χ1) is 9.88. The number of halogens is 4. The van der Waals surface area contributed by atoms with Crippen molar-refractivity contribution < 1.29 is 17.6 Å². The van der Waals surface area contributed by atoms with Gasteiger partial charge in [0.1, 0.15) is 16.7 Å². The Morgan fingerprint density at radius 2 is 1.81 bits per heavy atom. The van der Waals surface area contributed by atoms with Gasteiger partial charge in [0.05, 0.1) is 5.56 Å². The Hall–Kier alpha value is -1.76. The monoisotopic (exact) mass is 316 g/mol. The highest BCUT2D eigenvalue weighted by Gasteiger charge is 2.31. The molecule has 0 atom stereocenters. The second-order valence-corrected chi connectivity index (χ2v) is 5.26. The summed E-state index contributed by atoms with van der Waals surface area (Å²) >= 11 is 1.05. The quantitative estimate of drug-likeness (QED) is 0.818. The number of anilines is 1. The molecule has 1 aromatic heterocycles. The number of hydrogen-bond donors (Lipinski definition) is 1. The summed E-state index contributed by atoms with van der Waals surface area (Å²) in [5.74, 6) is -0.235. The SMILES string of the molecule is CCNc1cc(C(F)(F)F)cc(Sc2ccc(F)cc2)n1. The lowest BCUT2D eigenvalue weighted by Crippen LogP contribution is -2.08. The minimum atomic E-state index is -4.44. The first kappa shape index (κ1) is 15.6. The van der Waals surface area contributed by atoms with Crippen molar-refractivity contribution in [1.29, 1.82) is 0 Å². The smallest absolute Gasteiger partial charge is 0.370 e. The molecule has 0 fully saturated rings. The van der Waals surface area contributed by atoms with Crippen LogP contribution in [0.15, 0.2) is 46.3 Å². The van der Waals surface area contributed by atoms with Gasteiger partial charge in [0, 0.05) is 11.4 Å². The van der Waals surface area contributed by atoms with Gasteiger partial charge in [-0.25, -0.2) is 9.37 Å². The Balaban J connectivity index is 2.33. The second-order valence-electron chi connectivity index (χ2n) is 4.16. The average Bonchev–Trinajstić information content (AvgIpc) is 2.41. The lowest BCUT2D eigenvalue weighted by Gasteiger charge is -2.11. The number of alkyl halides is 3. The molecule has 1 heterocycles. The average molecular weight is 316 g/mol. The molecule has 0 aliphatic rings. The van der Waals surface area contributed by atoms with Crippen LogP contribution in [0.3, 0.4) is 0 Å². The fraction of sp³-hybridized carbons (Fsp3) is 0.214. The van der Waals surface area contributed by atoms with Crippen LogP contribution in [0.2, 0.25) is 0 Å². The summed E-state index contributed by atoms with van der Waals surface area (Å²) in [6.45, 7) is 2.24. The first-order valence-electron chi connectivity index (χ1n) is 6.15. The van der Waals surface area contributed by atoms with E-state index in [0.29, 0.717) is 11.4 Å². The van der Waals surface area contributed by atoms with Gasteiger partial charge in [0.15, 0.2) is 0 Å². The lowest BCUT2D eigenvalue weighted by atomic mass is 10.2. The molecule has 7 heteroatoms. The lowest BCUT2D eigenvalue weighted by molar-refractivity contribution is -0.137. The molecule has 0 unspecified atom stereocenters. The van der Waals surface area contributed by atoms with Gasteiger partial charge in [-0.3, -0.25) is 0 Å². The van der Waals surface area contributed by atoms with E-state index >= 15 is 0 Å². The van der Waals surface area contributed by atoms with E-state index in [1.165, 1.54) is 24.3 Å². The van der Waals surface area contributed by atoms with E-state index in [1.807, 2.05) is 0 Å². The van der Waals surface area contributed by atoms with Crippen molar-refractivity contribution in [3.8, 4) is 0 Å². The van der Waals surface area contributed by atoms with Crippen molar-refractivity contribution >= 4 is 17.6 Å². The highest BCUT2D eigenvalue weighted by Crippen LogP contribution is 2.35. The molecule has 0 amide bonds. The van der Waals surface area contributed by atoms with Crippen LogP contribution in [0.25, 0.3) is 0 Å². The highest BCUT2D eigenvalue weighted by molar-refractivity contribution is 7.99. The molecule has 112 valence electrons. The third kappa shape index (κ3) is 4.35. The summed E-state index contributed by atoms with van der Waals surface area (Å²) in [5.41, 5.74) is -0.766. The molecule has 1 N–H and O–H groups in total. The number of nitrogens with one attached hydrogen (secondary N) is 1. The molecule has 2 aromatic rings. The standard InChI is InChI=1S/C14H12F4N2S/c1-2-19-12-7-9(14(16,17)18)8-13(20-12)21-11-5-3-10(15)4-6-11/h3-8H,2H2,1H3,(H,19,20). The molecule has 21 heavy (non-hydrogen) atoms. The van der Waals surface area contributed by atoms with Crippen LogP contribution in [0.5, 0.6) is 0 Å². The Morgan fingerprint density at radius 1 is 1.14 bits per heavy atom. The van der Waals surface area contributed by atoms with Crippen LogP contribution in [-0.2, 0) is 6.18 Å². The topological polar surface area (TPSA) is 24.9 Å². The number of pyridine rings is 1. The van der Waals surface area contributed by atoms with Crippen LogP contribution in [0, 0.1) is 5.82 Å². The number of rotatable bonds is 4. The predicted molar refractivity (Wildman–Crippen MR) is 73.9 cm³/mol. The largest absolute Gasteiger partial charge is 0.416 e. The summed E-state index contributed by atoms with van der Waals surface area (Å²) in [5, 5.41) is 2.97. The van der Waals surface area contributed by atoms with Crippen LogP contribution in [-0.4, -0.2) is 11.5 Å². The van der Waals surface area contributed by atoms with E-state index < -0.39 is 17.6 Å². The van der Waals surface area contributed by atoms with E-state index in [4.69, 9.17) is 0 Å². The minimum Gasteiger partial charge on any atom is -0.370 e. The van der Waals surface area contributed by atoms with Crippen molar-refractivity contribution in [2.24, 2.45) is 0 Å². The van der Waals surface area contributed by atoms with Crippen molar-refractivity contribution in [3.63, 3.8) is 0 Å². The molecule has 0 saturated carbocycles. The fourth-order valence-electron chi connectivity index (χ4n) is 1.62. The van der Waals surface area contributed by atoms with Gasteiger partial charge in [-0.05, 0) is 43.3 Å². The van der Waals surface area contributed by atoms with Crippen LogP contribution < -0.4 is 5.32 Å². The zero-order valence-electron chi connectivity index (χ0n) is 11.0. The van der Waals surface area contributed by atoms with Gasteiger partial charge in [-0.1, -0.05) is 11.8 Å². The van der Waals surface area contributed by atoms with E-state index in [9.17, 15) is 17.6 Å². The van der Waals surface area contributed by atoms with Gasteiger partial charge >= 0.3 is 6.18 Å². The molecular formula is C14H12F4N2S. The van der Waals surface area contributed by atoms with Crippen LogP contribution in [0.1, 0.15) is 12.5 Å². The maximum absolute atomic E-state index is 12.9. The zero-order valence-corrected chi connectivity index (χ0v) is 11.9. The number of hydrogen-bond acceptors (Lipinski definition) is 3. The van der Waals surface area contributed by atoms with E-state index in [2.05, 4.69) is 10.3 Å². The third-order valence-electron chi connectivity index (χ3n) is 2.52. The molecule has 0 aliphatic heterocycles. The summed E-state index contributed by atoms with van der Waals surface area (Å²) in [4.78, 5) is 4.73. The molecule has 0 bridgehead atoms. The second kappa shape index (κ2) is 6.34. The van der Waals surface area contributed by atoms with Crippen molar-refractivity contribution in [1.82, 2.24) is 4.98 Å². The maximum Gasteiger partial charge on any atom is 0.416 e. The van der Waals surface area contributed by atoms with E-state index in [0.717, 1.165) is 23.9 Å².